The maximum Gasteiger partial charge on any atom is 0.178 e. The highest BCUT2D eigenvalue weighted by Crippen LogP contribution is 2.39. The lowest BCUT2D eigenvalue weighted by Gasteiger charge is -2.17. The van der Waals surface area contributed by atoms with E-state index in [0.29, 0.717) is 17.4 Å². The predicted molar refractivity (Wildman–Crippen MR) is 447 cm³/mol. The molecule has 14 heterocycles. The molecule has 24 nitrogen and oxygen atoms in total. The summed E-state index contributed by atoms with van der Waals surface area (Å²) >= 11 is 0. The van der Waals surface area contributed by atoms with Gasteiger partial charge in [-0.2, -0.15) is 0 Å². The van der Waals surface area contributed by atoms with E-state index in [2.05, 4.69) is 208 Å². The van der Waals surface area contributed by atoms with Crippen molar-refractivity contribution in [2.45, 2.75) is 66.9 Å². The zero-order valence-corrected chi connectivity index (χ0v) is 65.1. The molecule has 1 atom stereocenters. The molecule has 0 amide bonds. The van der Waals surface area contributed by atoms with E-state index in [4.69, 9.17) is 5.11 Å². The average Bonchev–Trinajstić information content (AvgIpc) is 1.65. The lowest BCUT2D eigenvalue weighted by Crippen LogP contribution is -2.24. The van der Waals surface area contributed by atoms with E-state index in [-0.39, 0.29) is 11.8 Å². The molecule has 0 spiro atoms. The van der Waals surface area contributed by atoms with Gasteiger partial charge in [0.25, 0.3) is 0 Å². The van der Waals surface area contributed by atoms with Crippen LogP contribution >= 0.6 is 0 Å². The van der Waals surface area contributed by atoms with Gasteiger partial charge in [0.1, 0.15) is 11.5 Å². The molecule has 0 saturated heterocycles. The third-order valence-corrected chi connectivity index (χ3v) is 16.7. The van der Waals surface area contributed by atoms with Crippen LogP contribution in [0, 0.1) is 12.8 Å². The van der Waals surface area contributed by atoms with Crippen molar-refractivity contribution < 1.29 is 15.0 Å². The van der Waals surface area contributed by atoms with Crippen LogP contribution in [0.25, 0.3) is 45.4 Å². The third-order valence-electron chi connectivity index (χ3n) is 16.7. The Morgan fingerprint density at radius 1 is 0.407 bits per heavy atom. The first kappa shape index (κ1) is 83.0. The number of hydrogen-bond donors (Lipinski definition) is 1. The Hall–Kier alpha value is -14.0. The maximum absolute atomic E-state index is 10.2. The molecule has 17 rings (SSSR count). The van der Waals surface area contributed by atoms with Crippen LogP contribution in [0.1, 0.15) is 68.3 Å². The Morgan fingerprint density at radius 2 is 0.894 bits per heavy atom. The smallest absolute Gasteiger partial charge is 0.178 e. The quantitative estimate of drug-likeness (QED) is 0.119. The molecule has 0 aliphatic carbocycles. The zero-order valence-electron chi connectivity index (χ0n) is 65.1. The Kier molecular flexibility index (Phi) is 33.1. The number of aromatic carboxylic acids is 1. The van der Waals surface area contributed by atoms with Crippen molar-refractivity contribution in [3.8, 4) is 45.4 Å². The molecule has 3 aliphatic heterocycles. The molecule has 113 heavy (non-hydrogen) atoms. The van der Waals surface area contributed by atoms with Crippen molar-refractivity contribution in [1.29, 1.82) is 0 Å². The first-order valence-corrected chi connectivity index (χ1v) is 36.9. The molecule has 14 aromatic rings. The Balaban J connectivity index is 0.000000147. The molecule has 24 heteroatoms. The molecule has 574 valence electrons. The van der Waals surface area contributed by atoms with Gasteiger partial charge in [0, 0.05) is 143 Å². The highest BCUT2D eigenvalue weighted by Gasteiger charge is 2.26. The molecular weight excluding hydrogens is 1410 g/mol. The summed E-state index contributed by atoms with van der Waals surface area (Å²) in [6.07, 6.45) is 38.2. The van der Waals surface area contributed by atoms with Crippen LogP contribution in [0.5, 0.6) is 0 Å². The average molecular weight is 1510 g/mol. The summed E-state index contributed by atoms with van der Waals surface area (Å²) in [5.74, 6) is 2.83. The number of benzene rings is 3. The monoisotopic (exact) mass is 1500 g/mol. The molecule has 11 aromatic heterocycles. The molecule has 0 radical (unpaired) electrons. The summed E-state index contributed by atoms with van der Waals surface area (Å²) in [4.78, 5) is 85.2. The van der Waals surface area contributed by atoms with Gasteiger partial charge in [-0.25, -0.2) is 24.9 Å². The number of hydrogen-bond acceptors (Lipinski definition) is 24. The van der Waals surface area contributed by atoms with Gasteiger partial charge >= 0.3 is 0 Å². The van der Waals surface area contributed by atoms with Crippen LogP contribution < -0.4 is 29.6 Å². The minimum Gasteiger partial charge on any atom is -0.543 e. The fourth-order valence-electron chi connectivity index (χ4n) is 11.3. The number of aliphatic hydroxyl groups excluding tert-OH is 1. The van der Waals surface area contributed by atoms with Crippen molar-refractivity contribution in [2.75, 3.05) is 65.6 Å². The van der Waals surface area contributed by atoms with Gasteiger partial charge in [0.05, 0.1) is 102 Å². The molecule has 3 aromatic carbocycles. The first-order valence-electron chi connectivity index (χ1n) is 36.9. The van der Waals surface area contributed by atoms with Crippen LogP contribution in [0.3, 0.4) is 0 Å². The van der Waals surface area contributed by atoms with Crippen molar-refractivity contribution >= 4 is 46.2 Å². The number of aliphatic hydroxyl groups is 1. The number of fused-ring (bicyclic) bond motifs is 2. The lowest BCUT2D eigenvalue weighted by molar-refractivity contribution is -0.255. The van der Waals surface area contributed by atoms with Crippen LogP contribution in [0.2, 0.25) is 0 Å². The second-order valence-electron chi connectivity index (χ2n) is 25.9. The molecular formula is C89H94N21O3-. The van der Waals surface area contributed by atoms with E-state index in [9.17, 15) is 9.90 Å². The maximum atomic E-state index is 10.2. The standard InChI is InChI=1S/C14H16N2.C13H13N3.C12H12N4.C11H9N.2C9H7N3.C8H10N4.C7H7NO2.C6H14O/c1-3-11-5-7-15-13(9-11)14-10-12(4-2)6-8-16-14;1-15-10-16(13-8-4-5-9-14-13)12-7-3-2-6-11(12)15;1-15-9-16(12-8-13-6-7-14-12)11-5-3-2-4-10(11)15;1-2-6-10(7-3-1)11-8-4-5-9-12-11;1-2-5-10-8(4-1)9-11-6-3-7-12-9;1-2-8(6-10-3-1)9-7-11-4-5-12-9;1-11-4-5-12(7-11)8-6-9-2-3-10-8;1-5-3-2-4-6(8-5)7(9)10;1-5(2)4-6(3)7/h5-10H,3-4H2,1-2H3;2-9H,10H2,1H3;2-8H,9H2,1H3;1-9H;2*1-7H;2-6H,7H2,1H3;2-4H,1H3,(H,9,10);5-7H,4H2,1-3H3/p-1. The largest absolute Gasteiger partial charge is 0.543 e. The number of anilines is 7. The van der Waals surface area contributed by atoms with Gasteiger partial charge in [0.2, 0.25) is 0 Å². The summed E-state index contributed by atoms with van der Waals surface area (Å²) in [6.45, 7) is 14.6. The van der Waals surface area contributed by atoms with E-state index in [1.165, 1.54) is 39.9 Å². The van der Waals surface area contributed by atoms with E-state index in [1.807, 2.05) is 159 Å². The number of aryl methyl sites for hydroxylation is 3. The highest BCUT2D eigenvalue weighted by molar-refractivity contribution is 5.83. The van der Waals surface area contributed by atoms with E-state index >= 15 is 0 Å². The van der Waals surface area contributed by atoms with Gasteiger partial charge in [0.15, 0.2) is 17.5 Å². The van der Waals surface area contributed by atoms with Crippen LogP contribution in [0.4, 0.5) is 40.2 Å². The van der Waals surface area contributed by atoms with Gasteiger partial charge < -0.3 is 44.4 Å². The summed E-state index contributed by atoms with van der Waals surface area (Å²) in [7, 11) is 6.20. The second-order valence-corrected chi connectivity index (χ2v) is 25.9. The Labute approximate surface area is 661 Å². The number of para-hydroxylation sites is 4. The number of carboxylic acids is 1. The van der Waals surface area contributed by atoms with Crippen LogP contribution in [-0.4, -0.2) is 138 Å². The normalized spacial score (nSPS) is 12.0. The SMILES string of the molecule is CC(C)CC(C)O.CCc1ccnc(-c2cc(CC)ccn2)c1.CN1C=CN(c2cnccn2)C1.CN1CN(c2ccccn2)c2ccccc21.CN1CN(c2cnccn2)c2ccccc21.Cc1cccc(C(=O)[O-])n1.c1ccc(-c2ccccn2)cc1.c1ccc(-c2ncccn2)nc1.c1cncc(-c2cnccn2)c1. The molecule has 1 N–H and O–H groups in total. The molecule has 0 saturated carbocycles. The number of rotatable bonds is 12. The van der Waals surface area contributed by atoms with Crippen LogP contribution in [-0.2, 0) is 12.8 Å². The summed E-state index contributed by atoms with van der Waals surface area (Å²) in [5, 5.41) is 18.9. The van der Waals surface area contributed by atoms with Crippen LogP contribution in [0.15, 0.2) is 318 Å². The van der Waals surface area contributed by atoms with Gasteiger partial charge in [-0.1, -0.05) is 107 Å². The predicted octanol–water partition coefficient (Wildman–Crippen LogP) is 15.6. The summed E-state index contributed by atoms with van der Waals surface area (Å²) in [6, 6.07) is 63.2. The Bertz CT molecular complexity index is 4610. The Morgan fingerprint density at radius 3 is 1.35 bits per heavy atom. The number of carbonyl (C=O) groups excluding carboxylic acids is 1. The minimum atomic E-state index is -1.23. The fourth-order valence-corrected chi connectivity index (χ4v) is 11.3. The molecule has 1 unspecified atom stereocenters. The van der Waals surface area contributed by atoms with Crippen molar-refractivity contribution in [3.05, 3.63) is 341 Å². The summed E-state index contributed by atoms with van der Waals surface area (Å²) in [5.41, 5.74) is 14.9. The number of aromatic nitrogens is 15. The van der Waals surface area contributed by atoms with Gasteiger partial charge in [-0.15, -0.1) is 0 Å². The molecule has 0 fully saturated rings. The minimum absolute atomic E-state index is 0.0139. The van der Waals surface area contributed by atoms with Gasteiger partial charge in [-0.05, 0) is 165 Å². The molecule has 3 aliphatic rings. The number of pyridine rings is 7. The van der Waals surface area contributed by atoms with E-state index in [0.717, 1.165) is 96.3 Å². The fraction of sp³-hybridized carbons (Fsp3) is 0.191. The van der Waals surface area contributed by atoms with Crippen molar-refractivity contribution in [2.24, 2.45) is 5.92 Å². The van der Waals surface area contributed by atoms with E-state index < -0.39 is 5.97 Å². The van der Waals surface area contributed by atoms with Crippen molar-refractivity contribution in [3.63, 3.8) is 0 Å². The second kappa shape index (κ2) is 45.1. The topological polar surface area (TPSA) is 273 Å². The lowest BCUT2D eigenvalue weighted by atomic mass is 10.1. The van der Waals surface area contributed by atoms with Crippen molar-refractivity contribution in [1.82, 2.24) is 79.7 Å². The molecule has 0 bridgehead atoms. The van der Waals surface area contributed by atoms with E-state index in [1.54, 1.807) is 112 Å². The first-order chi connectivity index (χ1) is 55.1. The highest BCUT2D eigenvalue weighted by atomic mass is 16.4. The van der Waals surface area contributed by atoms with Gasteiger partial charge in [-0.3, -0.25) is 49.8 Å². The zero-order chi connectivity index (χ0) is 79.8. The number of nitrogens with zero attached hydrogens (tertiary/aromatic N) is 21. The number of carboxylic acid groups (broad SMARTS) is 1. The number of carbonyl (C=O) groups is 1. The summed E-state index contributed by atoms with van der Waals surface area (Å²) < 4.78 is 0. The third kappa shape index (κ3) is 27.0.